The molecule has 74 valence electrons. The predicted octanol–water partition coefficient (Wildman–Crippen LogP) is -1.35. The van der Waals surface area contributed by atoms with Crippen molar-refractivity contribution >= 4 is 11.9 Å². The summed E-state index contributed by atoms with van der Waals surface area (Å²) in [4.78, 5) is 21.0. The molecule has 3 N–H and O–H groups in total. The highest BCUT2D eigenvalue weighted by Crippen LogP contribution is 2.05. The van der Waals surface area contributed by atoms with Gasteiger partial charge in [0.05, 0.1) is 6.42 Å². The number of hydrogen-bond acceptors (Lipinski definition) is 6. The Hall–Kier alpha value is -1.24. The second-order valence-electron chi connectivity index (χ2n) is 2.27. The summed E-state index contributed by atoms with van der Waals surface area (Å²) >= 11 is 0. The molecule has 0 aromatic rings. The van der Waals surface area contributed by atoms with Crippen molar-refractivity contribution in [2.24, 2.45) is 0 Å². The summed E-state index contributed by atoms with van der Waals surface area (Å²) in [6, 6.07) is 0. The number of esters is 2. The fraction of sp³-hybridized carbons (Fsp3) is 0.429. The van der Waals surface area contributed by atoms with Gasteiger partial charge in [0.25, 0.3) is 5.97 Å². The molecule has 0 atom stereocenters. The summed E-state index contributed by atoms with van der Waals surface area (Å²) in [6.07, 6.45) is -0.318. The highest BCUT2D eigenvalue weighted by molar-refractivity contribution is 5.91. The van der Waals surface area contributed by atoms with E-state index in [1.54, 1.807) is 0 Å². The van der Waals surface area contributed by atoms with Gasteiger partial charge in [0, 0.05) is 12.5 Å². The Morgan fingerprint density at radius 3 is 2.31 bits per heavy atom. The van der Waals surface area contributed by atoms with E-state index in [0.29, 0.717) is 0 Å². The number of carbonyl (C=O) groups is 2. The minimum atomic E-state index is -2.92. The number of ether oxygens (including phenoxy) is 1. The molecule has 0 unspecified atom stereocenters. The Bertz CT molecular complexity index is 214. The molecule has 0 heterocycles. The maximum atomic E-state index is 10.6. The van der Waals surface area contributed by atoms with Crippen molar-refractivity contribution in [2.45, 2.75) is 18.8 Å². The van der Waals surface area contributed by atoms with Crippen molar-refractivity contribution in [1.29, 1.82) is 0 Å². The molecule has 0 rings (SSSR count). The maximum absolute atomic E-state index is 10.6. The monoisotopic (exact) mass is 190 g/mol. The molecule has 0 aliphatic heterocycles. The first-order valence-electron chi connectivity index (χ1n) is 3.39. The minimum Gasteiger partial charge on any atom is -0.390 e. The van der Waals surface area contributed by atoms with Crippen molar-refractivity contribution in [3.8, 4) is 0 Å². The molecule has 6 heteroatoms. The van der Waals surface area contributed by atoms with Crippen molar-refractivity contribution < 1.29 is 29.6 Å². The molecule has 0 aliphatic carbocycles. The molecule has 0 bridgehead atoms. The van der Waals surface area contributed by atoms with E-state index in [-0.39, 0.29) is 0 Å². The lowest BCUT2D eigenvalue weighted by Gasteiger charge is -2.11. The van der Waals surface area contributed by atoms with E-state index in [1.807, 2.05) is 0 Å². The van der Waals surface area contributed by atoms with Crippen LogP contribution in [0.3, 0.4) is 0 Å². The summed E-state index contributed by atoms with van der Waals surface area (Å²) in [7, 11) is 0. The molecule has 0 saturated heterocycles. The zero-order chi connectivity index (χ0) is 10.5. The van der Waals surface area contributed by atoms with Crippen LogP contribution in [0.4, 0.5) is 0 Å². The fourth-order valence-corrected chi connectivity index (χ4v) is 0.475. The topological polar surface area (TPSA) is 104 Å². The normalized spacial score (nSPS) is 10.7. The van der Waals surface area contributed by atoms with Gasteiger partial charge >= 0.3 is 11.9 Å². The molecule has 0 radical (unpaired) electrons. The average molecular weight is 190 g/mol. The van der Waals surface area contributed by atoms with Gasteiger partial charge in [-0.25, -0.2) is 4.79 Å². The second-order valence-corrected chi connectivity index (χ2v) is 2.27. The Balaban J connectivity index is 3.77. The summed E-state index contributed by atoms with van der Waals surface area (Å²) in [6.45, 7) is 3.05. The Morgan fingerprint density at radius 1 is 1.38 bits per heavy atom. The van der Waals surface area contributed by atoms with Gasteiger partial charge in [-0.3, -0.25) is 4.79 Å². The predicted molar refractivity (Wildman–Crippen MR) is 39.9 cm³/mol. The van der Waals surface area contributed by atoms with Crippen LogP contribution in [0.25, 0.3) is 0 Å². The minimum absolute atomic E-state index is 0.483. The zero-order valence-electron chi connectivity index (χ0n) is 6.77. The van der Waals surface area contributed by atoms with Gasteiger partial charge < -0.3 is 20.1 Å². The summed E-state index contributed by atoms with van der Waals surface area (Å²) in [5.41, 5.74) is 0. The molecule has 0 spiro atoms. The number of aliphatic hydroxyl groups is 3. The Kier molecular flexibility index (Phi) is 4.26. The molecule has 6 nitrogen and oxygen atoms in total. The SMILES string of the molecule is C=CC(=O)OC(=O)CCC(O)(O)O. The van der Waals surface area contributed by atoms with E-state index >= 15 is 0 Å². The quantitative estimate of drug-likeness (QED) is 0.219. The summed E-state index contributed by atoms with van der Waals surface area (Å²) in [5, 5.41) is 25.1. The van der Waals surface area contributed by atoms with E-state index < -0.39 is 30.8 Å². The third kappa shape index (κ3) is 7.13. The fourth-order valence-electron chi connectivity index (χ4n) is 0.475. The highest BCUT2D eigenvalue weighted by Gasteiger charge is 2.20. The number of rotatable bonds is 4. The van der Waals surface area contributed by atoms with Crippen LogP contribution in [0.1, 0.15) is 12.8 Å². The largest absolute Gasteiger partial charge is 0.390 e. The number of hydrogen-bond donors (Lipinski definition) is 3. The van der Waals surface area contributed by atoms with Crippen LogP contribution in [0, 0.1) is 0 Å². The molecule has 0 aliphatic rings. The van der Waals surface area contributed by atoms with Gasteiger partial charge in [-0.2, -0.15) is 0 Å². The van der Waals surface area contributed by atoms with Gasteiger partial charge in [0.15, 0.2) is 0 Å². The van der Waals surface area contributed by atoms with Crippen molar-refractivity contribution in [1.82, 2.24) is 0 Å². The number of carbonyl (C=O) groups excluding carboxylic acids is 2. The van der Waals surface area contributed by atoms with Crippen molar-refractivity contribution in [3.05, 3.63) is 12.7 Å². The van der Waals surface area contributed by atoms with Gasteiger partial charge in [-0.05, 0) is 0 Å². The van der Waals surface area contributed by atoms with Crippen LogP contribution in [0.2, 0.25) is 0 Å². The van der Waals surface area contributed by atoms with E-state index in [1.165, 1.54) is 0 Å². The van der Waals surface area contributed by atoms with Gasteiger partial charge in [0.2, 0.25) is 0 Å². The first-order valence-corrected chi connectivity index (χ1v) is 3.39. The van der Waals surface area contributed by atoms with Crippen LogP contribution in [0.15, 0.2) is 12.7 Å². The maximum Gasteiger partial charge on any atom is 0.337 e. The molecule has 0 fully saturated rings. The Labute approximate surface area is 74.1 Å². The lowest BCUT2D eigenvalue weighted by molar-refractivity contribution is -0.314. The molecule has 0 saturated carbocycles. The molecular weight excluding hydrogens is 180 g/mol. The summed E-state index contributed by atoms with van der Waals surface area (Å²) in [5.74, 6) is -4.81. The van der Waals surface area contributed by atoms with E-state index in [4.69, 9.17) is 15.3 Å². The van der Waals surface area contributed by atoms with Crippen LogP contribution >= 0.6 is 0 Å². The van der Waals surface area contributed by atoms with E-state index in [9.17, 15) is 9.59 Å². The third-order valence-corrected chi connectivity index (χ3v) is 1.05. The lowest BCUT2D eigenvalue weighted by Crippen LogP contribution is -2.28. The highest BCUT2D eigenvalue weighted by atomic mass is 16.7. The molecule has 0 aromatic heterocycles. The smallest absolute Gasteiger partial charge is 0.337 e. The van der Waals surface area contributed by atoms with Crippen LogP contribution in [-0.2, 0) is 14.3 Å². The lowest BCUT2D eigenvalue weighted by atomic mass is 10.3. The first-order chi connectivity index (χ1) is 5.85. The zero-order valence-corrected chi connectivity index (χ0v) is 6.77. The summed E-state index contributed by atoms with van der Waals surface area (Å²) < 4.78 is 4.07. The second kappa shape index (κ2) is 4.70. The van der Waals surface area contributed by atoms with Gasteiger partial charge in [0.1, 0.15) is 0 Å². The third-order valence-electron chi connectivity index (χ3n) is 1.05. The van der Waals surface area contributed by atoms with Gasteiger partial charge in [-0.1, -0.05) is 6.58 Å². The van der Waals surface area contributed by atoms with Crippen molar-refractivity contribution in [3.63, 3.8) is 0 Å². The first kappa shape index (κ1) is 11.8. The Morgan fingerprint density at radius 2 is 1.92 bits per heavy atom. The molecular formula is C7H10O6. The standard InChI is InChI=1S/C7H10O6/c1-2-5(8)13-6(9)3-4-7(10,11)12/h2,10-12H,1,3-4H2. The van der Waals surface area contributed by atoms with Gasteiger partial charge in [-0.15, -0.1) is 0 Å². The average Bonchev–Trinajstić information content (AvgIpc) is 1.99. The van der Waals surface area contributed by atoms with Crippen LogP contribution in [0.5, 0.6) is 0 Å². The van der Waals surface area contributed by atoms with E-state index in [0.717, 1.165) is 6.08 Å². The van der Waals surface area contributed by atoms with Crippen molar-refractivity contribution in [2.75, 3.05) is 0 Å². The van der Waals surface area contributed by atoms with Crippen LogP contribution < -0.4 is 0 Å². The van der Waals surface area contributed by atoms with E-state index in [2.05, 4.69) is 11.3 Å². The molecule has 0 aromatic carbocycles. The van der Waals surface area contributed by atoms with Crippen LogP contribution in [-0.4, -0.2) is 33.2 Å². The molecule has 13 heavy (non-hydrogen) atoms. The molecule has 0 amide bonds.